The van der Waals surface area contributed by atoms with Gasteiger partial charge in [0.05, 0.1) is 27.8 Å². The average Bonchev–Trinajstić information content (AvgIpc) is 3.05. The number of benzene rings is 1. The van der Waals surface area contributed by atoms with Gasteiger partial charge < -0.3 is 15.4 Å². The van der Waals surface area contributed by atoms with Crippen molar-refractivity contribution in [1.29, 1.82) is 0 Å². The molecule has 3 aromatic rings. The molecule has 1 aliphatic rings. The first-order valence-electron chi connectivity index (χ1n) is 10.2. The third kappa shape index (κ3) is 5.27. The van der Waals surface area contributed by atoms with Gasteiger partial charge in [0.25, 0.3) is 0 Å². The Morgan fingerprint density at radius 3 is 2.48 bits per heavy atom. The maximum atomic E-state index is 12.8. The number of aromatic nitrogens is 3. The van der Waals surface area contributed by atoms with Crippen molar-refractivity contribution in [2.45, 2.75) is 37.9 Å². The van der Waals surface area contributed by atoms with Gasteiger partial charge in [-0.3, -0.25) is 4.57 Å². The Labute approximate surface area is 197 Å². The van der Waals surface area contributed by atoms with Gasteiger partial charge in [-0.15, -0.1) is 0 Å². The summed E-state index contributed by atoms with van der Waals surface area (Å²) in [7, 11) is 1.75. The van der Waals surface area contributed by atoms with Crippen molar-refractivity contribution in [3.05, 3.63) is 40.5 Å². The number of halogens is 5. The molecule has 0 bridgehead atoms. The van der Waals surface area contributed by atoms with Gasteiger partial charge in [-0.1, -0.05) is 29.3 Å². The fourth-order valence-corrected chi connectivity index (χ4v) is 4.31. The van der Waals surface area contributed by atoms with Crippen LogP contribution in [0.3, 0.4) is 0 Å². The summed E-state index contributed by atoms with van der Waals surface area (Å²) in [6.45, 7) is 0. The predicted molar refractivity (Wildman–Crippen MR) is 119 cm³/mol. The Morgan fingerprint density at radius 2 is 1.85 bits per heavy atom. The molecule has 1 fully saturated rings. The third-order valence-corrected chi connectivity index (χ3v) is 6.24. The summed E-state index contributed by atoms with van der Waals surface area (Å²) in [6, 6.07) is 6.29. The minimum Gasteiger partial charge on any atom is -0.409 e. The van der Waals surface area contributed by atoms with Gasteiger partial charge in [-0.2, -0.15) is 13.2 Å². The maximum Gasteiger partial charge on any atom is 0.412 e. The molecule has 0 spiro atoms. The summed E-state index contributed by atoms with van der Waals surface area (Å²) in [5.41, 5.74) is 1.48. The molecule has 1 saturated carbocycles. The minimum atomic E-state index is -4.19. The number of nitrogens with zero attached hydrogens (tertiary/aromatic N) is 3. The molecular weight excluding hydrogens is 482 g/mol. The maximum absolute atomic E-state index is 12.8. The van der Waals surface area contributed by atoms with E-state index >= 15 is 0 Å². The number of carbonyl (C=O) groups excluding carboxylic acids is 1. The lowest BCUT2D eigenvalue weighted by Gasteiger charge is -2.29. The Bertz CT molecular complexity index is 1160. The number of alkyl halides is 3. The number of rotatable bonds is 4. The summed E-state index contributed by atoms with van der Waals surface area (Å²) >= 11 is 12.4. The molecule has 2 N–H and O–H groups in total. The molecule has 176 valence electrons. The smallest absolute Gasteiger partial charge is 0.409 e. The predicted octanol–water partition coefficient (Wildman–Crippen LogP) is 6.23. The molecule has 1 amide bonds. The van der Waals surface area contributed by atoms with Crippen LogP contribution in [0.5, 0.6) is 5.75 Å². The van der Waals surface area contributed by atoms with E-state index in [-0.39, 0.29) is 37.5 Å². The molecule has 0 radical (unpaired) electrons. The molecule has 0 aliphatic heterocycles. The lowest BCUT2D eigenvalue weighted by Crippen LogP contribution is -2.41. The normalized spacial score (nSPS) is 18.8. The second-order valence-corrected chi connectivity index (χ2v) is 8.67. The highest BCUT2D eigenvalue weighted by Gasteiger charge is 2.41. The highest BCUT2D eigenvalue weighted by Crippen LogP contribution is 2.37. The second-order valence-electron chi connectivity index (χ2n) is 7.85. The van der Waals surface area contributed by atoms with Crippen molar-refractivity contribution < 1.29 is 22.7 Å². The zero-order valence-electron chi connectivity index (χ0n) is 17.4. The van der Waals surface area contributed by atoms with E-state index < -0.39 is 18.2 Å². The SMILES string of the molecule is Cn1c(Nc2c(Cl)cccc2Cl)nc2cc(OC(=O)NC3CCC(C(F)(F)F)CC3)cnc21. The molecule has 2 aromatic heterocycles. The molecular formula is C21H20Cl2F3N5O2. The van der Waals surface area contributed by atoms with Crippen molar-refractivity contribution in [3.63, 3.8) is 0 Å². The molecule has 4 rings (SSSR count). The van der Waals surface area contributed by atoms with Gasteiger partial charge >= 0.3 is 12.3 Å². The van der Waals surface area contributed by atoms with Gasteiger partial charge in [0.1, 0.15) is 5.52 Å². The fourth-order valence-electron chi connectivity index (χ4n) is 3.82. The summed E-state index contributed by atoms with van der Waals surface area (Å²) in [6.07, 6.45) is -3.10. The number of hydrogen-bond donors (Lipinski definition) is 2. The number of hydrogen-bond acceptors (Lipinski definition) is 5. The van der Waals surface area contributed by atoms with E-state index in [2.05, 4.69) is 20.6 Å². The highest BCUT2D eigenvalue weighted by molar-refractivity contribution is 6.39. The van der Waals surface area contributed by atoms with Gasteiger partial charge in [0, 0.05) is 19.2 Å². The van der Waals surface area contributed by atoms with E-state index in [1.54, 1.807) is 35.9 Å². The topological polar surface area (TPSA) is 81.1 Å². The van der Waals surface area contributed by atoms with Crippen LogP contribution in [0.1, 0.15) is 25.7 Å². The van der Waals surface area contributed by atoms with E-state index in [1.807, 2.05) is 0 Å². The zero-order chi connectivity index (χ0) is 23.8. The summed E-state index contributed by atoms with van der Waals surface area (Å²) in [5, 5.41) is 6.55. The first-order chi connectivity index (χ1) is 15.6. The Balaban J connectivity index is 1.42. The first kappa shape index (κ1) is 23.4. The van der Waals surface area contributed by atoms with Gasteiger partial charge in [-0.25, -0.2) is 14.8 Å². The fraction of sp³-hybridized carbons (Fsp3) is 0.381. The van der Waals surface area contributed by atoms with Crippen LogP contribution in [0.2, 0.25) is 10.0 Å². The lowest BCUT2D eigenvalue weighted by atomic mass is 9.86. The summed E-state index contributed by atoms with van der Waals surface area (Å²) < 4.78 is 45.4. The van der Waals surface area contributed by atoms with Crippen LogP contribution in [0.25, 0.3) is 11.2 Å². The Hall–Kier alpha value is -2.72. The Morgan fingerprint density at radius 1 is 1.18 bits per heavy atom. The van der Waals surface area contributed by atoms with Crippen LogP contribution >= 0.6 is 23.2 Å². The van der Waals surface area contributed by atoms with E-state index in [9.17, 15) is 18.0 Å². The number of anilines is 2. The van der Waals surface area contributed by atoms with Crippen LogP contribution in [-0.4, -0.2) is 32.8 Å². The molecule has 0 unspecified atom stereocenters. The number of imidazole rings is 1. The van der Waals surface area contributed by atoms with Crippen molar-refractivity contribution in [1.82, 2.24) is 19.9 Å². The molecule has 1 aliphatic carbocycles. The molecule has 1 aromatic carbocycles. The number of fused-ring (bicyclic) bond motifs is 1. The molecule has 2 heterocycles. The number of amides is 1. The van der Waals surface area contributed by atoms with E-state index in [0.717, 1.165) is 0 Å². The lowest BCUT2D eigenvalue weighted by molar-refractivity contribution is -0.182. The number of pyridine rings is 1. The average molecular weight is 502 g/mol. The van der Waals surface area contributed by atoms with Crippen LogP contribution in [0.4, 0.5) is 29.6 Å². The van der Waals surface area contributed by atoms with Crippen molar-refractivity contribution in [2.75, 3.05) is 5.32 Å². The minimum absolute atomic E-state index is 0.0128. The van der Waals surface area contributed by atoms with Crippen molar-refractivity contribution >= 4 is 52.1 Å². The molecule has 33 heavy (non-hydrogen) atoms. The van der Waals surface area contributed by atoms with Crippen molar-refractivity contribution in [2.24, 2.45) is 13.0 Å². The molecule has 7 nitrogen and oxygen atoms in total. The van der Waals surface area contributed by atoms with Crippen LogP contribution < -0.4 is 15.4 Å². The second kappa shape index (κ2) is 9.26. The number of aryl methyl sites for hydroxylation is 1. The van der Waals surface area contributed by atoms with E-state index in [1.165, 1.54) is 6.20 Å². The van der Waals surface area contributed by atoms with Crippen molar-refractivity contribution in [3.8, 4) is 5.75 Å². The number of nitrogens with one attached hydrogen (secondary N) is 2. The van der Waals surface area contributed by atoms with Crippen LogP contribution in [0, 0.1) is 5.92 Å². The van der Waals surface area contributed by atoms with E-state index in [4.69, 9.17) is 27.9 Å². The van der Waals surface area contributed by atoms with Gasteiger partial charge in [0.2, 0.25) is 5.95 Å². The number of carbonyl (C=O) groups is 1. The van der Waals surface area contributed by atoms with E-state index in [0.29, 0.717) is 32.8 Å². The monoisotopic (exact) mass is 501 g/mol. The first-order valence-corrected chi connectivity index (χ1v) is 11.0. The molecule has 0 saturated heterocycles. The zero-order valence-corrected chi connectivity index (χ0v) is 18.9. The largest absolute Gasteiger partial charge is 0.412 e. The highest BCUT2D eigenvalue weighted by atomic mass is 35.5. The number of para-hydroxylation sites is 1. The molecule has 12 heteroatoms. The standard InChI is InChI=1S/C21H20Cl2F3N5O2/c1-31-18-16(29-19(31)30-17-14(22)3-2-4-15(17)23)9-13(10-27-18)33-20(32)28-12-7-5-11(6-8-12)21(24,25)26/h2-4,9-12H,5-8H2,1H3,(H,28,32)(H,29,30). The van der Waals surface area contributed by atoms with Crippen LogP contribution in [0.15, 0.2) is 30.5 Å². The summed E-state index contributed by atoms with van der Waals surface area (Å²) in [5.74, 6) is -0.731. The van der Waals surface area contributed by atoms with Gasteiger partial charge in [0.15, 0.2) is 11.4 Å². The third-order valence-electron chi connectivity index (χ3n) is 5.61. The Kier molecular flexibility index (Phi) is 6.58. The van der Waals surface area contributed by atoms with Crippen LogP contribution in [-0.2, 0) is 7.05 Å². The molecule has 0 atom stereocenters. The summed E-state index contributed by atoms with van der Waals surface area (Å²) in [4.78, 5) is 21.0. The van der Waals surface area contributed by atoms with Gasteiger partial charge in [-0.05, 0) is 37.8 Å². The number of ether oxygens (including phenoxy) is 1. The quantitative estimate of drug-likeness (QED) is 0.442.